The highest BCUT2D eigenvalue weighted by molar-refractivity contribution is 7.98. The van der Waals surface area contributed by atoms with Crippen molar-refractivity contribution in [1.29, 1.82) is 0 Å². The second-order valence-corrected chi connectivity index (χ2v) is 9.84. The standard InChI is InChI=1S/C19H29ClN2OS/c1-18(2,3)13-10-8-12(9-11-13)14-15(20)17(23)22(19(4,5)6)21-16(14)24-7/h8,10,12-13H,9,11H2,1-7H3. The Balaban J connectivity index is 2.49. The summed E-state index contributed by atoms with van der Waals surface area (Å²) in [5.74, 6) is 0.738. The molecule has 5 heteroatoms. The van der Waals surface area contributed by atoms with Gasteiger partial charge in [0.25, 0.3) is 5.56 Å². The first-order valence-electron chi connectivity index (χ1n) is 8.52. The van der Waals surface area contributed by atoms with Gasteiger partial charge in [-0.05, 0) is 51.2 Å². The van der Waals surface area contributed by atoms with Crippen LogP contribution in [0, 0.1) is 11.3 Å². The maximum absolute atomic E-state index is 12.7. The van der Waals surface area contributed by atoms with Crippen LogP contribution in [-0.4, -0.2) is 16.0 Å². The van der Waals surface area contributed by atoms with Gasteiger partial charge in [0.1, 0.15) is 10.0 Å². The van der Waals surface area contributed by atoms with Crippen LogP contribution in [0.25, 0.3) is 0 Å². The average molecular weight is 369 g/mol. The highest BCUT2D eigenvalue weighted by atomic mass is 35.5. The summed E-state index contributed by atoms with van der Waals surface area (Å²) in [5.41, 5.74) is 0.590. The van der Waals surface area contributed by atoms with Gasteiger partial charge in [-0.3, -0.25) is 4.79 Å². The Bertz CT molecular complexity index is 695. The smallest absolute Gasteiger partial charge is 0.266 e. The van der Waals surface area contributed by atoms with Crippen molar-refractivity contribution in [2.45, 2.75) is 70.9 Å². The number of hydrogen-bond donors (Lipinski definition) is 0. The van der Waals surface area contributed by atoms with Gasteiger partial charge in [0.05, 0.1) is 5.54 Å². The van der Waals surface area contributed by atoms with Crippen molar-refractivity contribution in [3.05, 3.63) is 33.1 Å². The summed E-state index contributed by atoms with van der Waals surface area (Å²) in [6.45, 7) is 12.7. The van der Waals surface area contributed by atoms with Crippen LogP contribution in [0.2, 0.25) is 5.02 Å². The number of rotatable bonds is 2. The molecule has 0 aromatic carbocycles. The molecule has 0 spiro atoms. The number of hydrogen-bond acceptors (Lipinski definition) is 3. The van der Waals surface area contributed by atoms with E-state index in [2.05, 4.69) is 38.0 Å². The van der Waals surface area contributed by atoms with E-state index in [1.165, 1.54) is 4.68 Å². The second kappa shape index (κ2) is 6.87. The van der Waals surface area contributed by atoms with Crippen LogP contribution in [0.1, 0.15) is 65.9 Å². The van der Waals surface area contributed by atoms with E-state index >= 15 is 0 Å². The van der Waals surface area contributed by atoms with Crippen molar-refractivity contribution >= 4 is 23.4 Å². The predicted octanol–water partition coefficient (Wildman–Crippen LogP) is 5.47. The molecule has 0 bridgehead atoms. The van der Waals surface area contributed by atoms with Gasteiger partial charge in [0.15, 0.2) is 0 Å². The molecule has 1 aromatic rings. The first-order valence-corrected chi connectivity index (χ1v) is 10.1. The third-order valence-electron chi connectivity index (χ3n) is 4.71. The van der Waals surface area contributed by atoms with Gasteiger partial charge in [-0.2, -0.15) is 5.10 Å². The molecule has 0 amide bonds. The van der Waals surface area contributed by atoms with Crippen molar-refractivity contribution in [3.8, 4) is 0 Å². The largest absolute Gasteiger partial charge is 0.286 e. The van der Waals surface area contributed by atoms with Gasteiger partial charge in [-0.25, -0.2) is 4.68 Å². The van der Waals surface area contributed by atoms with Gasteiger partial charge in [-0.15, -0.1) is 11.8 Å². The maximum atomic E-state index is 12.7. The van der Waals surface area contributed by atoms with Gasteiger partial charge in [-0.1, -0.05) is 44.5 Å². The molecule has 3 nitrogen and oxygen atoms in total. The summed E-state index contributed by atoms with van der Waals surface area (Å²) < 4.78 is 1.51. The van der Waals surface area contributed by atoms with Crippen LogP contribution in [0.15, 0.2) is 22.0 Å². The number of halogens is 1. The lowest BCUT2D eigenvalue weighted by atomic mass is 9.73. The minimum Gasteiger partial charge on any atom is -0.266 e. The highest BCUT2D eigenvalue weighted by Gasteiger charge is 2.30. The van der Waals surface area contributed by atoms with Crippen LogP contribution in [0.4, 0.5) is 0 Å². The van der Waals surface area contributed by atoms with E-state index in [0.29, 0.717) is 10.9 Å². The van der Waals surface area contributed by atoms with Gasteiger partial charge in [0, 0.05) is 11.5 Å². The summed E-state index contributed by atoms with van der Waals surface area (Å²) in [4.78, 5) is 12.7. The molecule has 2 atom stereocenters. The molecule has 1 aliphatic carbocycles. The van der Waals surface area contributed by atoms with Crippen molar-refractivity contribution < 1.29 is 0 Å². The fraction of sp³-hybridized carbons (Fsp3) is 0.684. The molecule has 0 fully saturated rings. The van der Waals surface area contributed by atoms with Gasteiger partial charge < -0.3 is 0 Å². The molecule has 0 radical (unpaired) electrons. The quantitative estimate of drug-likeness (QED) is 0.512. The maximum Gasteiger partial charge on any atom is 0.286 e. The Morgan fingerprint density at radius 2 is 1.79 bits per heavy atom. The summed E-state index contributed by atoms with van der Waals surface area (Å²) in [6, 6.07) is 0. The third kappa shape index (κ3) is 3.91. The molecule has 0 saturated carbocycles. The number of aromatic nitrogens is 2. The van der Waals surface area contributed by atoms with E-state index in [1.54, 1.807) is 11.8 Å². The van der Waals surface area contributed by atoms with Crippen LogP contribution in [-0.2, 0) is 5.54 Å². The Kier molecular flexibility index (Phi) is 5.61. The molecule has 0 saturated heterocycles. The molecule has 0 aliphatic heterocycles. The zero-order valence-electron chi connectivity index (χ0n) is 15.8. The lowest BCUT2D eigenvalue weighted by molar-refractivity contribution is 0.261. The summed E-state index contributed by atoms with van der Waals surface area (Å²) in [6.07, 6.45) is 8.63. The molecule has 2 rings (SSSR count). The minimum atomic E-state index is -0.385. The molecule has 1 aliphatic rings. The lowest BCUT2D eigenvalue weighted by Gasteiger charge is -2.33. The van der Waals surface area contributed by atoms with Crippen LogP contribution < -0.4 is 5.56 Å². The Morgan fingerprint density at radius 3 is 2.21 bits per heavy atom. The van der Waals surface area contributed by atoms with Crippen LogP contribution in [0.5, 0.6) is 0 Å². The Morgan fingerprint density at radius 1 is 1.17 bits per heavy atom. The third-order valence-corrected chi connectivity index (χ3v) is 5.77. The monoisotopic (exact) mass is 368 g/mol. The van der Waals surface area contributed by atoms with E-state index in [4.69, 9.17) is 11.6 Å². The van der Waals surface area contributed by atoms with Gasteiger partial charge in [0.2, 0.25) is 0 Å². The minimum absolute atomic E-state index is 0.174. The molecule has 24 heavy (non-hydrogen) atoms. The number of allylic oxidation sites excluding steroid dienone is 2. The summed E-state index contributed by atoms with van der Waals surface area (Å²) in [5, 5.41) is 5.80. The zero-order chi connectivity index (χ0) is 18.3. The molecule has 0 N–H and O–H groups in total. The average Bonchev–Trinajstić information content (AvgIpc) is 2.47. The lowest BCUT2D eigenvalue weighted by Crippen LogP contribution is -2.37. The van der Waals surface area contributed by atoms with E-state index < -0.39 is 0 Å². The number of thioether (sulfide) groups is 1. The predicted molar refractivity (Wildman–Crippen MR) is 104 cm³/mol. The van der Waals surface area contributed by atoms with Crippen molar-refractivity contribution in [2.24, 2.45) is 11.3 Å². The molecular weight excluding hydrogens is 340 g/mol. The first kappa shape index (κ1) is 19.6. The van der Waals surface area contributed by atoms with Crippen LogP contribution >= 0.6 is 23.4 Å². The molecule has 2 unspecified atom stereocenters. The SMILES string of the molecule is CSc1nn(C(C)(C)C)c(=O)c(Cl)c1C1C=CC(C(C)(C)C)CC1. The van der Waals surface area contributed by atoms with E-state index in [1.807, 2.05) is 27.0 Å². The normalized spacial score (nSPS) is 22.0. The summed E-state index contributed by atoms with van der Waals surface area (Å²) in [7, 11) is 0. The first-order chi connectivity index (χ1) is 11.0. The Hall–Kier alpha value is -0.740. The Labute approximate surface area is 154 Å². The van der Waals surface area contributed by atoms with E-state index in [9.17, 15) is 4.79 Å². The van der Waals surface area contributed by atoms with E-state index in [-0.39, 0.29) is 22.4 Å². The van der Waals surface area contributed by atoms with E-state index in [0.717, 1.165) is 23.4 Å². The molecule has 134 valence electrons. The zero-order valence-corrected chi connectivity index (χ0v) is 17.4. The molecule has 1 aromatic heterocycles. The number of nitrogens with zero attached hydrogens (tertiary/aromatic N) is 2. The molecular formula is C19H29ClN2OS. The highest BCUT2D eigenvalue weighted by Crippen LogP contribution is 2.41. The van der Waals surface area contributed by atoms with Crippen LogP contribution in [0.3, 0.4) is 0 Å². The topological polar surface area (TPSA) is 34.9 Å². The fourth-order valence-corrected chi connectivity index (χ4v) is 4.20. The van der Waals surface area contributed by atoms with Crippen molar-refractivity contribution in [3.63, 3.8) is 0 Å². The summed E-state index contributed by atoms with van der Waals surface area (Å²) >= 11 is 8.09. The second-order valence-electron chi connectivity index (χ2n) is 8.67. The fourth-order valence-electron chi connectivity index (χ4n) is 3.20. The molecule has 1 heterocycles. The van der Waals surface area contributed by atoms with Crippen molar-refractivity contribution in [2.75, 3.05) is 6.26 Å². The van der Waals surface area contributed by atoms with Gasteiger partial charge >= 0.3 is 0 Å². The van der Waals surface area contributed by atoms with Crippen molar-refractivity contribution in [1.82, 2.24) is 9.78 Å².